The molecule has 0 aliphatic rings. The van der Waals surface area contributed by atoms with Crippen LogP contribution in [0.5, 0.6) is 0 Å². The summed E-state index contributed by atoms with van der Waals surface area (Å²) in [6.07, 6.45) is 0.956. The van der Waals surface area contributed by atoms with Crippen molar-refractivity contribution in [3.63, 3.8) is 0 Å². The first-order valence-electron chi connectivity index (χ1n) is 6.56. The quantitative estimate of drug-likeness (QED) is 0.870. The second kappa shape index (κ2) is 7.04. The highest BCUT2D eigenvalue weighted by Crippen LogP contribution is 2.24. The summed E-state index contributed by atoms with van der Waals surface area (Å²) in [5.41, 5.74) is 2.45. The second-order valence-corrected chi connectivity index (χ2v) is 6.12. The lowest BCUT2D eigenvalue weighted by Gasteiger charge is -2.17. The van der Waals surface area contributed by atoms with Crippen LogP contribution in [0.15, 0.2) is 29.6 Å². The third-order valence-electron chi connectivity index (χ3n) is 3.08. The van der Waals surface area contributed by atoms with Gasteiger partial charge in [0.25, 0.3) is 0 Å². The molecule has 0 bridgehead atoms. The maximum absolute atomic E-state index is 6.10. The lowest BCUT2D eigenvalue weighted by molar-refractivity contribution is 0.590. The molecule has 0 aliphatic carbocycles. The maximum Gasteiger partial charge on any atom is 0.0897 e. The van der Waals surface area contributed by atoms with Gasteiger partial charge in [0.15, 0.2) is 0 Å². The first-order valence-corrected chi connectivity index (χ1v) is 7.82. The third kappa shape index (κ3) is 4.30. The molecular weight excluding hydrogens is 276 g/mol. The van der Waals surface area contributed by atoms with Crippen molar-refractivity contribution in [3.8, 4) is 0 Å². The van der Waals surface area contributed by atoms with Gasteiger partial charge in [-0.1, -0.05) is 30.7 Å². The first-order chi connectivity index (χ1) is 9.19. The molecule has 0 amide bonds. The van der Waals surface area contributed by atoms with Gasteiger partial charge in [-0.3, -0.25) is 0 Å². The monoisotopic (exact) mass is 294 g/mol. The van der Waals surface area contributed by atoms with Crippen LogP contribution in [-0.4, -0.2) is 18.1 Å². The number of nitrogens with zero attached hydrogens (tertiary/aromatic N) is 1. The zero-order valence-electron chi connectivity index (χ0n) is 11.3. The van der Waals surface area contributed by atoms with E-state index in [0.29, 0.717) is 5.92 Å². The molecule has 4 heteroatoms. The Kier molecular flexibility index (Phi) is 5.37. The van der Waals surface area contributed by atoms with Crippen LogP contribution in [0.25, 0.3) is 0 Å². The van der Waals surface area contributed by atoms with Crippen molar-refractivity contribution >= 4 is 22.9 Å². The average molecular weight is 295 g/mol. The zero-order chi connectivity index (χ0) is 13.7. The predicted octanol–water partition coefficient (Wildman–Crippen LogP) is 4.04. The van der Waals surface area contributed by atoms with Gasteiger partial charge in [0.1, 0.15) is 0 Å². The van der Waals surface area contributed by atoms with E-state index in [0.717, 1.165) is 29.5 Å². The van der Waals surface area contributed by atoms with Crippen molar-refractivity contribution in [2.24, 2.45) is 0 Å². The summed E-state index contributed by atoms with van der Waals surface area (Å²) in [6, 6.07) is 8.14. The van der Waals surface area contributed by atoms with Crippen LogP contribution in [0.1, 0.15) is 29.1 Å². The van der Waals surface area contributed by atoms with E-state index in [9.17, 15) is 0 Å². The summed E-state index contributed by atoms with van der Waals surface area (Å²) in [7, 11) is 0. The number of nitrogens with one attached hydrogen (secondary N) is 1. The standard InChI is InChI=1S/C15H19ClN2S/c1-3-17-9-13(8-15-10-19-11(2)18-15)12-5-4-6-14(16)7-12/h4-7,10,13,17H,3,8-9H2,1-2H3. The number of hydrogen-bond donors (Lipinski definition) is 1. The van der Waals surface area contributed by atoms with E-state index in [2.05, 4.69) is 34.7 Å². The van der Waals surface area contributed by atoms with Gasteiger partial charge in [0.05, 0.1) is 10.7 Å². The minimum absolute atomic E-state index is 0.417. The van der Waals surface area contributed by atoms with E-state index < -0.39 is 0 Å². The summed E-state index contributed by atoms with van der Waals surface area (Å²) in [5, 5.41) is 7.51. The summed E-state index contributed by atoms with van der Waals surface area (Å²) >= 11 is 7.81. The van der Waals surface area contributed by atoms with E-state index in [-0.39, 0.29) is 0 Å². The molecule has 1 unspecified atom stereocenters. The van der Waals surface area contributed by atoms with Gasteiger partial charge in [0.2, 0.25) is 0 Å². The van der Waals surface area contributed by atoms with Crippen molar-refractivity contribution in [3.05, 3.63) is 50.9 Å². The number of aromatic nitrogens is 1. The molecule has 1 heterocycles. The van der Waals surface area contributed by atoms with E-state index in [1.54, 1.807) is 11.3 Å². The lowest BCUT2D eigenvalue weighted by Crippen LogP contribution is -2.22. The van der Waals surface area contributed by atoms with Crippen LogP contribution in [0.4, 0.5) is 0 Å². The van der Waals surface area contributed by atoms with Crippen molar-refractivity contribution in [1.29, 1.82) is 0 Å². The Balaban J connectivity index is 2.15. The smallest absolute Gasteiger partial charge is 0.0897 e. The van der Waals surface area contributed by atoms with Crippen LogP contribution < -0.4 is 5.32 Å². The van der Waals surface area contributed by atoms with Crippen LogP contribution in [-0.2, 0) is 6.42 Å². The van der Waals surface area contributed by atoms with E-state index in [1.165, 1.54) is 11.3 Å². The molecule has 0 aliphatic heterocycles. The highest BCUT2D eigenvalue weighted by molar-refractivity contribution is 7.09. The normalized spacial score (nSPS) is 12.6. The van der Waals surface area contributed by atoms with Crippen LogP contribution in [0.2, 0.25) is 5.02 Å². The number of rotatable bonds is 6. The molecule has 1 aromatic heterocycles. The fraction of sp³-hybridized carbons (Fsp3) is 0.400. The molecule has 19 heavy (non-hydrogen) atoms. The average Bonchev–Trinajstić information content (AvgIpc) is 2.80. The number of aryl methyl sites for hydroxylation is 1. The van der Waals surface area contributed by atoms with E-state index in [1.807, 2.05) is 19.1 Å². The maximum atomic E-state index is 6.10. The molecule has 1 N–H and O–H groups in total. The van der Waals surface area contributed by atoms with Gasteiger partial charge >= 0.3 is 0 Å². The Labute approximate surface area is 123 Å². The minimum Gasteiger partial charge on any atom is -0.316 e. The van der Waals surface area contributed by atoms with Crippen LogP contribution in [0, 0.1) is 6.92 Å². The molecule has 2 aromatic rings. The molecule has 0 saturated carbocycles. The molecule has 2 rings (SSSR count). The van der Waals surface area contributed by atoms with Gasteiger partial charge < -0.3 is 5.32 Å². The van der Waals surface area contributed by atoms with Gasteiger partial charge in [-0.05, 0) is 37.6 Å². The Hall–Kier alpha value is -0.900. The lowest BCUT2D eigenvalue weighted by atomic mass is 9.94. The highest BCUT2D eigenvalue weighted by atomic mass is 35.5. The molecular formula is C15H19ClN2S. The Morgan fingerprint density at radius 2 is 2.26 bits per heavy atom. The van der Waals surface area contributed by atoms with Crippen molar-refractivity contribution < 1.29 is 0 Å². The fourth-order valence-electron chi connectivity index (χ4n) is 2.14. The van der Waals surface area contributed by atoms with Gasteiger partial charge in [0, 0.05) is 22.9 Å². The first kappa shape index (κ1) is 14.5. The summed E-state index contributed by atoms with van der Waals surface area (Å²) in [4.78, 5) is 4.56. The van der Waals surface area contributed by atoms with Crippen molar-refractivity contribution in [1.82, 2.24) is 10.3 Å². The van der Waals surface area contributed by atoms with Crippen molar-refractivity contribution in [2.75, 3.05) is 13.1 Å². The number of thiazole rings is 1. The zero-order valence-corrected chi connectivity index (χ0v) is 12.9. The largest absolute Gasteiger partial charge is 0.316 e. The highest BCUT2D eigenvalue weighted by Gasteiger charge is 2.14. The molecule has 1 atom stereocenters. The summed E-state index contributed by atoms with van der Waals surface area (Å²) in [5.74, 6) is 0.417. The fourth-order valence-corrected chi connectivity index (χ4v) is 2.97. The summed E-state index contributed by atoms with van der Waals surface area (Å²) in [6.45, 7) is 6.11. The molecule has 102 valence electrons. The number of likely N-dealkylation sites (N-methyl/N-ethyl adjacent to an activating group) is 1. The van der Waals surface area contributed by atoms with Gasteiger partial charge in [-0.25, -0.2) is 4.98 Å². The van der Waals surface area contributed by atoms with Gasteiger partial charge in [-0.2, -0.15) is 0 Å². The second-order valence-electron chi connectivity index (χ2n) is 4.62. The summed E-state index contributed by atoms with van der Waals surface area (Å²) < 4.78 is 0. The minimum atomic E-state index is 0.417. The molecule has 1 aromatic carbocycles. The number of halogens is 1. The molecule has 0 radical (unpaired) electrons. The molecule has 0 spiro atoms. The van der Waals surface area contributed by atoms with Crippen LogP contribution in [0.3, 0.4) is 0 Å². The van der Waals surface area contributed by atoms with E-state index >= 15 is 0 Å². The Morgan fingerprint density at radius 3 is 2.89 bits per heavy atom. The van der Waals surface area contributed by atoms with E-state index in [4.69, 9.17) is 11.6 Å². The predicted molar refractivity (Wildman–Crippen MR) is 83.3 cm³/mol. The number of benzene rings is 1. The third-order valence-corrected chi connectivity index (χ3v) is 4.14. The molecule has 0 fully saturated rings. The Bertz CT molecular complexity index is 524. The molecule has 2 nitrogen and oxygen atoms in total. The van der Waals surface area contributed by atoms with Gasteiger partial charge in [-0.15, -0.1) is 11.3 Å². The SMILES string of the molecule is CCNCC(Cc1csc(C)n1)c1cccc(Cl)c1. The molecule has 0 saturated heterocycles. The Morgan fingerprint density at radius 1 is 1.42 bits per heavy atom. The van der Waals surface area contributed by atoms with Crippen molar-refractivity contribution in [2.45, 2.75) is 26.2 Å². The van der Waals surface area contributed by atoms with Crippen LogP contribution >= 0.6 is 22.9 Å². The number of hydrogen-bond acceptors (Lipinski definition) is 3. The topological polar surface area (TPSA) is 24.9 Å².